The molecule has 1 aliphatic carbocycles. The van der Waals surface area contributed by atoms with E-state index < -0.39 is 0 Å². The van der Waals surface area contributed by atoms with E-state index in [0.29, 0.717) is 22.8 Å². The molecule has 0 radical (unpaired) electrons. The number of carbonyl (C=O) groups excluding carboxylic acids is 2. The summed E-state index contributed by atoms with van der Waals surface area (Å²) in [5, 5.41) is 10.2. The molecule has 2 amide bonds. The Hall–Kier alpha value is -2.34. The van der Waals surface area contributed by atoms with Crippen LogP contribution in [0.4, 0.5) is 5.69 Å². The van der Waals surface area contributed by atoms with E-state index in [4.69, 9.17) is 11.6 Å². The molecule has 6 nitrogen and oxygen atoms in total. The third-order valence-corrected chi connectivity index (χ3v) is 4.34. The van der Waals surface area contributed by atoms with Crippen LogP contribution in [0.3, 0.4) is 0 Å². The van der Waals surface area contributed by atoms with Crippen LogP contribution in [-0.2, 0) is 11.8 Å². The summed E-state index contributed by atoms with van der Waals surface area (Å²) in [6, 6.07) is 4.88. The van der Waals surface area contributed by atoms with Crippen LogP contribution in [0.1, 0.15) is 35.2 Å². The minimum atomic E-state index is -0.255. The number of aryl methyl sites for hydroxylation is 1. The topological polar surface area (TPSA) is 76.0 Å². The normalized spacial score (nSPS) is 19.0. The summed E-state index contributed by atoms with van der Waals surface area (Å²) in [4.78, 5) is 24.6. The molecule has 3 rings (SSSR count). The van der Waals surface area contributed by atoms with Gasteiger partial charge in [0.2, 0.25) is 5.91 Å². The fourth-order valence-corrected chi connectivity index (χ4v) is 2.95. The van der Waals surface area contributed by atoms with E-state index in [2.05, 4.69) is 15.7 Å². The first-order valence-electron chi connectivity index (χ1n) is 7.86. The zero-order valence-corrected chi connectivity index (χ0v) is 14.3. The lowest BCUT2D eigenvalue weighted by Crippen LogP contribution is -2.25. The van der Waals surface area contributed by atoms with Gasteiger partial charge in [-0.05, 0) is 43.0 Å². The second kappa shape index (κ2) is 6.65. The SMILES string of the molecule is CCNC(=O)c1cc(Cl)ccc1NC(=O)C1CC1c1cnn(C)c1. The molecule has 1 saturated carbocycles. The Balaban J connectivity index is 1.72. The first-order chi connectivity index (χ1) is 11.5. The molecule has 2 N–H and O–H groups in total. The molecule has 2 atom stereocenters. The van der Waals surface area contributed by atoms with Gasteiger partial charge in [0.25, 0.3) is 5.91 Å². The molecule has 0 aliphatic heterocycles. The van der Waals surface area contributed by atoms with Gasteiger partial charge < -0.3 is 10.6 Å². The van der Waals surface area contributed by atoms with Crippen molar-refractivity contribution in [2.24, 2.45) is 13.0 Å². The zero-order valence-electron chi connectivity index (χ0n) is 13.5. The van der Waals surface area contributed by atoms with Gasteiger partial charge in [0.15, 0.2) is 0 Å². The van der Waals surface area contributed by atoms with Gasteiger partial charge in [-0.25, -0.2) is 0 Å². The third-order valence-electron chi connectivity index (χ3n) is 4.10. The summed E-state index contributed by atoms with van der Waals surface area (Å²) in [7, 11) is 1.85. The summed E-state index contributed by atoms with van der Waals surface area (Å²) in [5.41, 5.74) is 1.92. The predicted octanol–water partition coefficient (Wildman–Crippen LogP) is 2.57. The summed E-state index contributed by atoms with van der Waals surface area (Å²) in [5.74, 6) is -0.238. The number of rotatable bonds is 5. The Morgan fingerprint density at radius 2 is 2.21 bits per heavy atom. The van der Waals surface area contributed by atoms with Crippen LogP contribution in [0.2, 0.25) is 5.02 Å². The molecule has 1 heterocycles. The van der Waals surface area contributed by atoms with Crippen LogP contribution in [0.25, 0.3) is 0 Å². The number of hydrogen-bond donors (Lipinski definition) is 2. The highest BCUT2D eigenvalue weighted by Gasteiger charge is 2.44. The Morgan fingerprint density at radius 1 is 1.42 bits per heavy atom. The van der Waals surface area contributed by atoms with Gasteiger partial charge in [-0.3, -0.25) is 14.3 Å². The Labute approximate surface area is 145 Å². The monoisotopic (exact) mass is 346 g/mol. The van der Waals surface area contributed by atoms with Crippen molar-refractivity contribution < 1.29 is 9.59 Å². The number of nitrogens with zero attached hydrogens (tertiary/aromatic N) is 2. The van der Waals surface area contributed by atoms with Crippen LogP contribution >= 0.6 is 11.6 Å². The fraction of sp³-hybridized carbons (Fsp3) is 0.353. The smallest absolute Gasteiger partial charge is 0.253 e. The highest BCUT2D eigenvalue weighted by atomic mass is 35.5. The van der Waals surface area contributed by atoms with Crippen molar-refractivity contribution >= 4 is 29.1 Å². The molecule has 1 fully saturated rings. The van der Waals surface area contributed by atoms with Gasteiger partial charge in [-0.1, -0.05) is 11.6 Å². The minimum Gasteiger partial charge on any atom is -0.352 e. The maximum Gasteiger partial charge on any atom is 0.253 e. The molecule has 2 unspecified atom stereocenters. The first-order valence-corrected chi connectivity index (χ1v) is 8.24. The quantitative estimate of drug-likeness (QED) is 0.873. The molecule has 1 aromatic carbocycles. The zero-order chi connectivity index (χ0) is 17.3. The van der Waals surface area contributed by atoms with Crippen molar-refractivity contribution in [3.05, 3.63) is 46.7 Å². The number of hydrogen-bond acceptors (Lipinski definition) is 3. The van der Waals surface area contributed by atoms with E-state index >= 15 is 0 Å². The third kappa shape index (κ3) is 3.43. The van der Waals surface area contributed by atoms with Crippen LogP contribution in [-0.4, -0.2) is 28.1 Å². The van der Waals surface area contributed by atoms with Gasteiger partial charge in [0.05, 0.1) is 17.4 Å². The van der Waals surface area contributed by atoms with Crippen molar-refractivity contribution in [1.82, 2.24) is 15.1 Å². The number of benzene rings is 1. The summed E-state index contributed by atoms with van der Waals surface area (Å²) < 4.78 is 1.73. The number of aromatic nitrogens is 2. The number of anilines is 1. The lowest BCUT2D eigenvalue weighted by molar-refractivity contribution is -0.117. The highest BCUT2D eigenvalue weighted by molar-refractivity contribution is 6.31. The standard InChI is InChI=1S/C17H19ClN4O2/c1-3-19-16(23)14-6-11(18)4-5-15(14)21-17(24)13-7-12(13)10-8-20-22(2)9-10/h4-6,8-9,12-13H,3,7H2,1-2H3,(H,19,23)(H,21,24). The summed E-state index contributed by atoms with van der Waals surface area (Å²) >= 11 is 5.98. The molecule has 0 saturated heterocycles. The average molecular weight is 347 g/mol. The Bertz CT molecular complexity index is 787. The van der Waals surface area contributed by atoms with E-state index in [1.807, 2.05) is 20.2 Å². The first kappa shape index (κ1) is 16.5. The molecular formula is C17H19ClN4O2. The molecular weight excluding hydrogens is 328 g/mol. The van der Waals surface area contributed by atoms with E-state index in [1.165, 1.54) is 0 Å². The van der Waals surface area contributed by atoms with Gasteiger partial charge in [0, 0.05) is 30.7 Å². The second-order valence-corrected chi connectivity index (χ2v) is 6.37. The van der Waals surface area contributed by atoms with E-state index in [-0.39, 0.29) is 23.7 Å². The van der Waals surface area contributed by atoms with Crippen LogP contribution in [0.15, 0.2) is 30.6 Å². The summed E-state index contributed by atoms with van der Waals surface area (Å²) in [6.45, 7) is 2.34. The molecule has 24 heavy (non-hydrogen) atoms. The predicted molar refractivity (Wildman–Crippen MR) is 92.1 cm³/mol. The molecule has 2 aromatic rings. The molecule has 0 spiro atoms. The van der Waals surface area contributed by atoms with Crippen LogP contribution < -0.4 is 10.6 Å². The second-order valence-electron chi connectivity index (χ2n) is 5.93. The Morgan fingerprint density at radius 3 is 2.88 bits per heavy atom. The van der Waals surface area contributed by atoms with Gasteiger partial charge in [-0.2, -0.15) is 5.10 Å². The van der Waals surface area contributed by atoms with Crippen molar-refractivity contribution in [2.45, 2.75) is 19.3 Å². The van der Waals surface area contributed by atoms with Crippen molar-refractivity contribution in [2.75, 3.05) is 11.9 Å². The maximum atomic E-state index is 12.5. The molecule has 1 aliphatic rings. The van der Waals surface area contributed by atoms with E-state index in [9.17, 15) is 9.59 Å². The van der Waals surface area contributed by atoms with Crippen molar-refractivity contribution in [3.8, 4) is 0 Å². The number of halogens is 1. The molecule has 0 bridgehead atoms. The van der Waals surface area contributed by atoms with Gasteiger partial charge in [0.1, 0.15) is 0 Å². The average Bonchev–Trinajstić information content (AvgIpc) is 3.24. The highest BCUT2D eigenvalue weighted by Crippen LogP contribution is 2.47. The number of nitrogens with one attached hydrogen (secondary N) is 2. The van der Waals surface area contributed by atoms with Crippen molar-refractivity contribution in [1.29, 1.82) is 0 Å². The number of amides is 2. The lowest BCUT2D eigenvalue weighted by atomic mass is 10.1. The fourth-order valence-electron chi connectivity index (χ4n) is 2.78. The van der Waals surface area contributed by atoms with Crippen molar-refractivity contribution in [3.63, 3.8) is 0 Å². The molecule has 1 aromatic heterocycles. The van der Waals surface area contributed by atoms with E-state index in [0.717, 1.165) is 12.0 Å². The summed E-state index contributed by atoms with van der Waals surface area (Å²) in [6.07, 6.45) is 4.52. The van der Waals surface area contributed by atoms with Crippen LogP contribution in [0.5, 0.6) is 0 Å². The molecule has 7 heteroatoms. The number of carbonyl (C=O) groups is 2. The van der Waals surface area contributed by atoms with Crippen LogP contribution in [0, 0.1) is 5.92 Å². The Kier molecular flexibility index (Phi) is 4.57. The maximum absolute atomic E-state index is 12.5. The minimum absolute atomic E-state index is 0.0864. The van der Waals surface area contributed by atoms with Gasteiger partial charge >= 0.3 is 0 Å². The lowest BCUT2D eigenvalue weighted by Gasteiger charge is -2.11. The van der Waals surface area contributed by atoms with E-state index in [1.54, 1.807) is 29.1 Å². The molecule has 126 valence electrons. The van der Waals surface area contributed by atoms with Gasteiger partial charge in [-0.15, -0.1) is 0 Å². The largest absolute Gasteiger partial charge is 0.352 e.